The molecule has 6 fully saturated rings. The van der Waals surface area contributed by atoms with Crippen molar-refractivity contribution in [2.24, 2.45) is 29.4 Å². The molecule has 0 aromatic heterocycles. The average Bonchev–Trinajstić information content (AvgIpc) is 2.75. The number of hydrogen-bond acceptors (Lipinski definition) is 4. The summed E-state index contributed by atoms with van der Waals surface area (Å²) in [5.74, 6) is 3.15. The zero-order valence-electron chi connectivity index (χ0n) is 18.0. The molecule has 0 aromatic carbocycles. The van der Waals surface area contributed by atoms with Gasteiger partial charge in [0, 0.05) is 18.5 Å². The lowest BCUT2D eigenvalue weighted by Crippen LogP contribution is -2.43. The Bertz CT molecular complexity index is 577. The molecule has 5 heteroatoms. The zero-order valence-corrected chi connectivity index (χ0v) is 18.0. The molecule has 1 amide bonds. The lowest BCUT2D eigenvalue weighted by atomic mass is 9.63. The van der Waals surface area contributed by atoms with Gasteiger partial charge in [0.25, 0.3) is 0 Å². The van der Waals surface area contributed by atoms with Crippen LogP contribution in [0.2, 0.25) is 0 Å². The minimum absolute atomic E-state index is 0.148. The van der Waals surface area contributed by atoms with Crippen molar-refractivity contribution in [3.63, 3.8) is 0 Å². The molecule has 0 radical (unpaired) electrons. The molecule has 4 bridgehead atoms. The number of nitrogens with two attached hydrogens (primary N) is 1. The molecule has 6 aliphatic rings. The van der Waals surface area contributed by atoms with E-state index in [1.807, 2.05) is 0 Å². The van der Waals surface area contributed by atoms with Crippen LogP contribution in [0.25, 0.3) is 0 Å². The van der Waals surface area contributed by atoms with Gasteiger partial charge >= 0.3 is 0 Å². The van der Waals surface area contributed by atoms with Gasteiger partial charge in [0.2, 0.25) is 5.91 Å². The predicted octanol–water partition coefficient (Wildman–Crippen LogP) is 4.24. The fourth-order valence-corrected chi connectivity index (χ4v) is 7.59. The predicted molar refractivity (Wildman–Crippen MR) is 112 cm³/mol. The fourth-order valence-electron chi connectivity index (χ4n) is 7.59. The van der Waals surface area contributed by atoms with Crippen LogP contribution in [0.5, 0.6) is 0 Å². The summed E-state index contributed by atoms with van der Waals surface area (Å²) in [6.45, 7) is 0. The maximum absolute atomic E-state index is 12.7. The molecule has 2 heterocycles. The smallest absolute Gasteiger partial charge is 0.220 e. The number of carbonyl (C=O) groups is 1. The lowest BCUT2D eigenvalue weighted by Gasteiger charge is -2.42. The van der Waals surface area contributed by atoms with E-state index in [0.29, 0.717) is 30.5 Å². The lowest BCUT2D eigenvalue weighted by molar-refractivity contribution is -0.396. The number of nitrogens with one attached hydrogen (secondary N) is 1. The first-order valence-electron chi connectivity index (χ1n) is 12.4. The van der Waals surface area contributed by atoms with Crippen LogP contribution in [0.4, 0.5) is 0 Å². The maximum Gasteiger partial charge on any atom is 0.220 e. The van der Waals surface area contributed by atoms with Crippen LogP contribution in [-0.2, 0) is 14.6 Å². The number of rotatable bonds is 3. The van der Waals surface area contributed by atoms with Crippen molar-refractivity contribution in [1.29, 1.82) is 0 Å². The topological polar surface area (TPSA) is 73.6 Å². The summed E-state index contributed by atoms with van der Waals surface area (Å²) in [5, 5.41) is 3.29. The molecular formula is C24H40N2O3. The van der Waals surface area contributed by atoms with Gasteiger partial charge in [0.15, 0.2) is 0 Å². The van der Waals surface area contributed by atoms with E-state index in [-0.39, 0.29) is 11.5 Å². The molecular weight excluding hydrogens is 364 g/mol. The number of carbonyl (C=O) groups excluding carboxylic acids is 1. The third-order valence-corrected chi connectivity index (χ3v) is 8.73. The van der Waals surface area contributed by atoms with Gasteiger partial charge in [0.1, 0.15) is 5.60 Å². The van der Waals surface area contributed by atoms with Gasteiger partial charge in [-0.05, 0) is 107 Å². The highest BCUT2D eigenvalue weighted by molar-refractivity contribution is 5.76. The van der Waals surface area contributed by atoms with Crippen molar-refractivity contribution in [3.05, 3.63) is 0 Å². The van der Waals surface area contributed by atoms with Crippen LogP contribution in [0.15, 0.2) is 0 Å². The summed E-state index contributed by atoms with van der Waals surface area (Å²) < 4.78 is 0. The van der Waals surface area contributed by atoms with Gasteiger partial charge in [-0.2, -0.15) is 0 Å². The zero-order chi connectivity index (χ0) is 19.8. The summed E-state index contributed by atoms with van der Waals surface area (Å²) in [6.07, 6.45) is 17.2. The van der Waals surface area contributed by atoms with E-state index in [4.69, 9.17) is 15.5 Å². The van der Waals surface area contributed by atoms with Crippen LogP contribution in [0.1, 0.15) is 96.3 Å². The molecule has 164 valence electrons. The van der Waals surface area contributed by atoms with E-state index < -0.39 is 0 Å². The molecule has 2 saturated heterocycles. The Balaban J connectivity index is 1.19. The Morgan fingerprint density at radius 2 is 1.66 bits per heavy atom. The highest BCUT2D eigenvalue weighted by Crippen LogP contribution is 2.51. The van der Waals surface area contributed by atoms with E-state index in [1.54, 1.807) is 0 Å². The highest BCUT2D eigenvalue weighted by atomic mass is 17.2. The fraction of sp³-hybridized carbons (Fsp3) is 0.958. The van der Waals surface area contributed by atoms with Crippen LogP contribution < -0.4 is 11.1 Å². The second-order valence-corrected chi connectivity index (χ2v) is 11.3. The Morgan fingerprint density at radius 1 is 0.931 bits per heavy atom. The molecule has 4 saturated carbocycles. The summed E-state index contributed by atoms with van der Waals surface area (Å²) in [4.78, 5) is 25.1. The quantitative estimate of drug-likeness (QED) is 0.690. The van der Waals surface area contributed by atoms with Gasteiger partial charge < -0.3 is 11.1 Å². The van der Waals surface area contributed by atoms with Gasteiger partial charge in [-0.25, -0.2) is 9.78 Å². The SMILES string of the molecule is N[C@H]1CC[C@H](NC(=O)C[C@@H]2CCC[C@]3(CC4CC5CC(C4)CC(C5)OO3)C2)CC1. The molecule has 1 spiro atoms. The summed E-state index contributed by atoms with van der Waals surface area (Å²) in [7, 11) is 0. The maximum atomic E-state index is 12.7. The monoisotopic (exact) mass is 404 g/mol. The normalized spacial score (nSPS) is 47.4. The van der Waals surface area contributed by atoms with Gasteiger partial charge in [0.05, 0.1) is 6.10 Å². The molecule has 0 aromatic rings. The van der Waals surface area contributed by atoms with Gasteiger partial charge in [-0.15, -0.1) is 0 Å². The first-order chi connectivity index (χ1) is 14.1. The minimum atomic E-state index is -0.148. The molecule has 29 heavy (non-hydrogen) atoms. The molecule has 2 unspecified atom stereocenters. The summed E-state index contributed by atoms with van der Waals surface area (Å²) >= 11 is 0. The largest absolute Gasteiger partial charge is 0.353 e. The Morgan fingerprint density at radius 3 is 2.41 bits per heavy atom. The van der Waals surface area contributed by atoms with Crippen LogP contribution in [0, 0.1) is 23.7 Å². The van der Waals surface area contributed by atoms with Crippen molar-refractivity contribution >= 4 is 5.91 Å². The van der Waals surface area contributed by atoms with Crippen molar-refractivity contribution in [2.45, 2.75) is 120 Å². The molecule has 2 aliphatic heterocycles. The van der Waals surface area contributed by atoms with E-state index in [0.717, 1.165) is 75.5 Å². The number of amides is 1. The van der Waals surface area contributed by atoms with Crippen LogP contribution in [0.3, 0.4) is 0 Å². The molecule has 4 aliphatic carbocycles. The van der Waals surface area contributed by atoms with E-state index in [9.17, 15) is 4.79 Å². The molecule has 4 atom stereocenters. The van der Waals surface area contributed by atoms with Crippen LogP contribution in [-0.4, -0.2) is 29.7 Å². The number of fused-ring (bicyclic) bond motifs is 1. The van der Waals surface area contributed by atoms with E-state index in [1.165, 1.54) is 32.1 Å². The average molecular weight is 405 g/mol. The first-order valence-corrected chi connectivity index (χ1v) is 12.4. The van der Waals surface area contributed by atoms with E-state index >= 15 is 0 Å². The molecule has 5 nitrogen and oxygen atoms in total. The first kappa shape index (κ1) is 20.3. The van der Waals surface area contributed by atoms with Crippen molar-refractivity contribution < 1.29 is 14.6 Å². The standard InChI is InChI=1S/C24H40N2O3/c25-20-3-5-21(6-4-20)26-23(27)13-16-2-1-7-24(14-16)15-19-9-17-8-18(10-19)12-22(11-17)28-29-24/h16-22H,1-15,25H2,(H,26,27)/t16-,17?,18?,19?,20-,21-,22?,24+/m0/s1. The third-order valence-electron chi connectivity index (χ3n) is 8.73. The Kier molecular flexibility index (Phi) is 5.92. The second-order valence-electron chi connectivity index (χ2n) is 11.3. The van der Waals surface area contributed by atoms with E-state index in [2.05, 4.69) is 5.32 Å². The van der Waals surface area contributed by atoms with Gasteiger partial charge in [-0.1, -0.05) is 6.42 Å². The summed E-state index contributed by atoms with van der Waals surface area (Å²) in [6, 6.07) is 0.655. The van der Waals surface area contributed by atoms with Crippen LogP contribution >= 0.6 is 0 Å². The van der Waals surface area contributed by atoms with Crippen molar-refractivity contribution in [2.75, 3.05) is 0 Å². The second kappa shape index (κ2) is 8.47. The molecule has 3 N–H and O–H groups in total. The molecule has 6 rings (SSSR count). The third kappa shape index (κ3) is 4.83. The summed E-state index contributed by atoms with van der Waals surface area (Å²) in [5.41, 5.74) is 5.85. The van der Waals surface area contributed by atoms with Crippen molar-refractivity contribution in [1.82, 2.24) is 5.32 Å². The van der Waals surface area contributed by atoms with Gasteiger partial charge in [-0.3, -0.25) is 4.79 Å². The Hall–Kier alpha value is -0.650. The Labute approximate surface area is 175 Å². The number of hydrogen-bond donors (Lipinski definition) is 2. The highest BCUT2D eigenvalue weighted by Gasteiger charge is 2.47. The van der Waals surface area contributed by atoms with Crippen molar-refractivity contribution in [3.8, 4) is 0 Å². The minimum Gasteiger partial charge on any atom is -0.353 e.